The van der Waals surface area contributed by atoms with Crippen LogP contribution in [0.2, 0.25) is 0 Å². The molecule has 3 aliphatic heterocycles. The Balaban J connectivity index is 1.23. The number of imidazole rings is 1. The van der Waals surface area contributed by atoms with Crippen LogP contribution in [0.4, 0.5) is 13.2 Å². The molecule has 6 rings (SSSR count). The second kappa shape index (κ2) is 16.5. The minimum atomic E-state index is -4.81. The second-order valence-electron chi connectivity index (χ2n) is 17.1. The van der Waals surface area contributed by atoms with E-state index in [4.69, 9.17) is 4.99 Å². The van der Waals surface area contributed by atoms with E-state index in [-0.39, 0.29) is 35.2 Å². The zero-order valence-electron chi connectivity index (χ0n) is 33.9. The Bertz CT molecular complexity index is 2070. The van der Waals surface area contributed by atoms with Gasteiger partial charge in [-0.3, -0.25) is 24.2 Å². The number of carbonyl (C=O) groups excluding carboxylic acids is 4. The molecule has 1 saturated heterocycles. The highest BCUT2D eigenvalue weighted by Gasteiger charge is 2.44. The van der Waals surface area contributed by atoms with Crippen molar-refractivity contribution < 1.29 is 32.3 Å². The second-order valence-corrected chi connectivity index (χ2v) is 17.1. The van der Waals surface area contributed by atoms with Crippen LogP contribution in [0, 0.1) is 10.8 Å². The van der Waals surface area contributed by atoms with Gasteiger partial charge in [0, 0.05) is 64.0 Å². The maximum atomic E-state index is 14.8. The molecule has 6 N–H and O–H groups in total. The Kier molecular flexibility index (Phi) is 12.1. The minimum Gasteiger partial charge on any atom is -0.357 e. The molecule has 1 aromatic heterocycles. The van der Waals surface area contributed by atoms with Gasteiger partial charge in [-0.15, -0.1) is 0 Å². The summed E-state index contributed by atoms with van der Waals surface area (Å²) in [6.07, 6.45) is -4.81. The van der Waals surface area contributed by atoms with Crippen molar-refractivity contribution >= 4 is 29.5 Å². The number of piperazine rings is 1. The molecule has 1 fully saturated rings. The summed E-state index contributed by atoms with van der Waals surface area (Å²) in [7, 11) is 1.47. The molecule has 3 aliphatic rings. The number of benzene rings is 2. The van der Waals surface area contributed by atoms with E-state index in [1.54, 1.807) is 46.1 Å². The number of hydrogen-bond donors (Lipinski definition) is 6. The normalized spacial score (nSPS) is 19.3. The first-order valence-electron chi connectivity index (χ1n) is 19.5. The first kappa shape index (κ1) is 42.3. The van der Waals surface area contributed by atoms with Crippen molar-refractivity contribution in [2.24, 2.45) is 15.8 Å². The van der Waals surface area contributed by atoms with Crippen molar-refractivity contribution in [2.75, 3.05) is 33.2 Å². The van der Waals surface area contributed by atoms with E-state index in [0.29, 0.717) is 37.7 Å². The summed E-state index contributed by atoms with van der Waals surface area (Å²) in [6, 6.07) is 10.2. The summed E-state index contributed by atoms with van der Waals surface area (Å²) in [5.41, 5.74) is -1.13. The number of aliphatic imine (C=N–C) groups is 1. The van der Waals surface area contributed by atoms with Crippen LogP contribution in [-0.2, 0) is 40.2 Å². The molecule has 0 aliphatic carbocycles. The van der Waals surface area contributed by atoms with Gasteiger partial charge >= 0.3 is 6.18 Å². The van der Waals surface area contributed by atoms with Crippen LogP contribution in [0.3, 0.4) is 0 Å². The molecule has 3 aromatic rings. The third kappa shape index (κ3) is 8.89. The predicted molar refractivity (Wildman–Crippen MR) is 213 cm³/mol. The lowest BCUT2D eigenvalue weighted by Crippen LogP contribution is -2.60. The van der Waals surface area contributed by atoms with E-state index in [1.807, 2.05) is 30.3 Å². The number of fused-ring (bicyclic) bond motifs is 2. The van der Waals surface area contributed by atoms with Crippen LogP contribution < -0.4 is 31.9 Å². The summed E-state index contributed by atoms with van der Waals surface area (Å²) in [6.45, 7) is 13.2. The first-order valence-corrected chi connectivity index (χ1v) is 19.5. The third-order valence-electron chi connectivity index (χ3n) is 10.8. The number of amidine groups is 1. The molecule has 2 aromatic carbocycles. The van der Waals surface area contributed by atoms with Gasteiger partial charge in [-0.25, -0.2) is 4.98 Å². The number of nitrogens with zero attached hydrogens (tertiary/aromatic N) is 4. The molecule has 0 saturated carbocycles. The average molecular weight is 807 g/mol. The Morgan fingerprint density at radius 3 is 2.19 bits per heavy atom. The predicted octanol–water partition coefficient (Wildman–Crippen LogP) is 2.81. The molecule has 0 bridgehead atoms. The Morgan fingerprint density at radius 2 is 1.53 bits per heavy atom. The fraction of sp³-hybridized carbons (Fsp3) is 0.512. The molecular weight excluding hydrogens is 754 g/mol. The highest BCUT2D eigenvalue weighted by molar-refractivity contribution is 6.04. The summed E-state index contributed by atoms with van der Waals surface area (Å²) in [5.74, 6) is -1.24. The lowest BCUT2D eigenvalue weighted by Gasteiger charge is -2.36. The van der Waals surface area contributed by atoms with Gasteiger partial charge in [0.15, 0.2) is 11.7 Å². The fourth-order valence-corrected chi connectivity index (χ4v) is 7.67. The molecule has 2 unspecified atom stereocenters. The van der Waals surface area contributed by atoms with Crippen molar-refractivity contribution in [3.8, 4) is 11.4 Å². The number of alkyl halides is 3. The van der Waals surface area contributed by atoms with E-state index in [2.05, 4.69) is 41.8 Å². The van der Waals surface area contributed by atoms with E-state index in [1.165, 1.54) is 19.2 Å². The number of halogens is 3. The van der Waals surface area contributed by atoms with Crippen molar-refractivity contribution in [3.05, 3.63) is 76.6 Å². The van der Waals surface area contributed by atoms with Crippen LogP contribution in [0.1, 0.15) is 74.4 Å². The summed E-state index contributed by atoms with van der Waals surface area (Å²) in [5, 5.41) is 17.4. The quantitative estimate of drug-likeness (QED) is 0.182. The van der Waals surface area contributed by atoms with Gasteiger partial charge in [0.1, 0.15) is 23.7 Å². The summed E-state index contributed by atoms with van der Waals surface area (Å²) >= 11 is 0. The van der Waals surface area contributed by atoms with E-state index >= 15 is 0 Å². The van der Waals surface area contributed by atoms with E-state index in [0.717, 1.165) is 18.2 Å². The number of hydrogen-bond acceptors (Lipinski definition) is 9. The SMILES string of the molecule is CNC(=O)[C@@H](NC(=O)c1nc(-c2ccc(CNC(=O)[C@@H](NC(=O)C3N=C(c4ccccc4)N4CCNCC34)C(C)(C)C)c(C(F)(F)F)c2)n2c1CNCC2)C(C)(C)C. The zero-order valence-corrected chi connectivity index (χ0v) is 33.9. The summed E-state index contributed by atoms with van der Waals surface area (Å²) < 4.78 is 46.0. The first-order chi connectivity index (χ1) is 27.3. The topological polar surface area (TPSA) is 174 Å². The van der Waals surface area contributed by atoms with Gasteiger partial charge in [-0.05, 0) is 22.5 Å². The van der Waals surface area contributed by atoms with Crippen LogP contribution in [0.25, 0.3) is 11.4 Å². The molecule has 4 heterocycles. The van der Waals surface area contributed by atoms with Gasteiger partial charge in [0.2, 0.25) is 17.7 Å². The van der Waals surface area contributed by atoms with Crippen LogP contribution >= 0.6 is 0 Å². The highest BCUT2D eigenvalue weighted by atomic mass is 19.4. The minimum absolute atomic E-state index is 0.00700. The van der Waals surface area contributed by atoms with Gasteiger partial charge in [0.05, 0.1) is 17.3 Å². The smallest absolute Gasteiger partial charge is 0.357 e. The molecule has 0 spiro atoms. The lowest BCUT2D eigenvalue weighted by molar-refractivity contribution is -0.138. The number of aromatic nitrogens is 2. The van der Waals surface area contributed by atoms with Crippen molar-refractivity contribution in [2.45, 2.75) is 91.5 Å². The number of amides is 4. The fourth-order valence-electron chi connectivity index (χ4n) is 7.67. The van der Waals surface area contributed by atoms with Crippen molar-refractivity contribution in [1.29, 1.82) is 0 Å². The van der Waals surface area contributed by atoms with Crippen LogP contribution in [-0.4, -0.2) is 101 Å². The lowest BCUT2D eigenvalue weighted by atomic mass is 9.85. The largest absolute Gasteiger partial charge is 0.416 e. The molecule has 0 radical (unpaired) electrons. The number of nitrogens with one attached hydrogen (secondary N) is 6. The molecule has 312 valence electrons. The van der Waals surface area contributed by atoms with Crippen LogP contribution in [0.5, 0.6) is 0 Å². The number of likely N-dealkylation sites (N-methyl/N-ethyl adjacent to an activating group) is 1. The molecular formula is C41H53F3N10O4. The Hall–Kier alpha value is -5.29. The molecule has 17 heteroatoms. The standard InChI is InChI=1S/C41H53F3N10O4/c1-39(2,3)31(37(57)45-7)51-35(55)30-28-22-47-16-18-54(28)34(50-30)24-13-14-25(26(19-24)41(42,43)44)20-48-38(58)32(40(4,5)6)52-36(56)29-27-21-46-15-17-53(27)33(49-29)23-11-9-8-10-12-23/h8-14,19,27,29,31-32,46-47H,15-18,20-22H2,1-7H3,(H,45,57)(H,48,58)(H,51,55)(H,52,56)/t27?,29?,31-,32-/m1/s1. The average Bonchev–Trinajstić information content (AvgIpc) is 3.76. The van der Waals surface area contributed by atoms with Crippen molar-refractivity contribution in [3.63, 3.8) is 0 Å². The van der Waals surface area contributed by atoms with Gasteiger partial charge in [0.25, 0.3) is 5.91 Å². The Morgan fingerprint density at radius 1 is 0.862 bits per heavy atom. The third-order valence-corrected chi connectivity index (χ3v) is 10.8. The molecule has 14 nitrogen and oxygen atoms in total. The maximum Gasteiger partial charge on any atom is 0.416 e. The molecule has 4 atom stereocenters. The molecule has 58 heavy (non-hydrogen) atoms. The van der Waals surface area contributed by atoms with Crippen molar-refractivity contribution in [1.82, 2.24) is 46.4 Å². The van der Waals surface area contributed by atoms with Crippen LogP contribution in [0.15, 0.2) is 53.5 Å². The molecule has 4 amide bonds. The maximum absolute atomic E-state index is 14.8. The monoisotopic (exact) mass is 806 g/mol. The summed E-state index contributed by atoms with van der Waals surface area (Å²) in [4.78, 5) is 65.5. The van der Waals surface area contributed by atoms with Gasteiger partial charge < -0.3 is 41.4 Å². The van der Waals surface area contributed by atoms with E-state index < -0.39 is 70.9 Å². The number of rotatable bonds is 10. The highest BCUT2D eigenvalue weighted by Crippen LogP contribution is 2.36. The van der Waals surface area contributed by atoms with E-state index in [9.17, 15) is 32.3 Å². The van der Waals surface area contributed by atoms with Gasteiger partial charge in [-0.1, -0.05) is 84.0 Å². The zero-order chi connectivity index (χ0) is 42.2. The Labute approximate surface area is 336 Å². The van der Waals surface area contributed by atoms with Gasteiger partial charge in [-0.2, -0.15) is 13.2 Å². The number of carbonyl (C=O) groups is 4.